The molecule has 9 heteroatoms. The molecule has 1 saturated carbocycles. The lowest BCUT2D eigenvalue weighted by atomic mass is 10.2. The average Bonchev–Trinajstić information content (AvgIpc) is 3.30. The van der Waals surface area contributed by atoms with Crippen molar-refractivity contribution in [2.24, 2.45) is 0 Å². The number of nitrogens with zero attached hydrogens (tertiary/aromatic N) is 2. The van der Waals surface area contributed by atoms with E-state index in [2.05, 4.69) is 9.97 Å². The van der Waals surface area contributed by atoms with Crippen molar-refractivity contribution in [3.63, 3.8) is 0 Å². The van der Waals surface area contributed by atoms with Crippen molar-refractivity contribution in [1.29, 1.82) is 0 Å². The highest BCUT2D eigenvalue weighted by molar-refractivity contribution is 8.00. The van der Waals surface area contributed by atoms with E-state index in [0.717, 1.165) is 24.6 Å². The molecule has 0 radical (unpaired) electrons. The van der Waals surface area contributed by atoms with E-state index < -0.39 is 17.0 Å². The van der Waals surface area contributed by atoms with Gasteiger partial charge in [-0.05, 0) is 25.0 Å². The Balaban J connectivity index is 1.88. The fourth-order valence-electron chi connectivity index (χ4n) is 2.21. The fourth-order valence-corrected chi connectivity index (χ4v) is 3.25. The Kier molecular flexibility index (Phi) is 4.27. The van der Waals surface area contributed by atoms with E-state index in [9.17, 15) is 14.4 Å². The van der Waals surface area contributed by atoms with Crippen molar-refractivity contribution >= 4 is 35.0 Å². The van der Waals surface area contributed by atoms with Gasteiger partial charge in [0, 0.05) is 12.2 Å². The lowest BCUT2D eigenvalue weighted by molar-refractivity contribution is 0.102. The zero-order valence-corrected chi connectivity index (χ0v) is 13.5. The fraction of sp³-hybridized carbons (Fsp3) is 0.286. The van der Waals surface area contributed by atoms with Gasteiger partial charge in [-0.2, -0.15) is 0 Å². The molecule has 0 spiro atoms. The normalized spacial score (nSPS) is 14.0. The number of nitrogens with one attached hydrogen (secondary N) is 1. The molecule has 0 bridgehead atoms. The molecule has 3 N–H and O–H groups in total. The van der Waals surface area contributed by atoms with Crippen LogP contribution in [0.1, 0.15) is 29.2 Å². The van der Waals surface area contributed by atoms with Gasteiger partial charge in [0.25, 0.3) is 5.56 Å². The van der Waals surface area contributed by atoms with Gasteiger partial charge in [-0.25, -0.2) is 9.78 Å². The first-order valence-electron chi connectivity index (χ1n) is 6.90. The molecule has 1 aliphatic carbocycles. The molecule has 1 aliphatic rings. The third-order valence-electron chi connectivity index (χ3n) is 3.44. The molecular formula is C14H13ClN4O3S. The third kappa shape index (κ3) is 3.18. The number of pyridine rings is 1. The summed E-state index contributed by atoms with van der Waals surface area (Å²) in [6, 6.07) is 3.31. The largest absolute Gasteiger partial charge is 0.384 e. The number of halogens is 1. The summed E-state index contributed by atoms with van der Waals surface area (Å²) in [6.07, 6.45) is 3.18. The summed E-state index contributed by atoms with van der Waals surface area (Å²) in [5.41, 5.74) is 4.37. The highest BCUT2D eigenvalue weighted by Crippen LogP contribution is 2.35. The molecule has 1 fully saturated rings. The van der Waals surface area contributed by atoms with Crippen molar-refractivity contribution in [1.82, 2.24) is 14.5 Å². The van der Waals surface area contributed by atoms with Gasteiger partial charge < -0.3 is 5.73 Å². The number of carbonyl (C=O) groups is 1. The van der Waals surface area contributed by atoms with Crippen LogP contribution in [0.25, 0.3) is 0 Å². The van der Waals surface area contributed by atoms with Gasteiger partial charge in [-0.3, -0.25) is 19.1 Å². The van der Waals surface area contributed by atoms with E-state index >= 15 is 0 Å². The first kappa shape index (κ1) is 15.8. The molecule has 7 nitrogen and oxygen atoms in total. The maximum Gasteiger partial charge on any atom is 0.330 e. The number of H-pyrrole nitrogens is 1. The summed E-state index contributed by atoms with van der Waals surface area (Å²) < 4.78 is 1.28. The highest BCUT2D eigenvalue weighted by Gasteiger charge is 2.30. The Morgan fingerprint density at radius 1 is 1.48 bits per heavy atom. The van der Waals surface area contributed by atoms with Gasteiger partial charge in [0.05, 0.1) is 10.8 Å². The molecular weight excluding hydrogens is 340 g/mol. The summed E-state index contributed by atoms with van der Waals surface area (Å²) in [4.78, 5) is 42.4. The molecule has 2 aromatic rings. The lowest BCUT2D eigenvalue weighted by Gasteiger charge is -2.11. The first-order chi connectivity index (χ1) is 11.0. The number of thioether (sulfide) groups is 1. The van der Waals surface area contributed by atoms with Crippen LogP contribution in [0.3, 0.4) is 0 Å². The van der Waals surface area contributed by atoms with E-state index in [1.807, 2.05) is 0 Å². The number of anilines is 1. The summed E-state index contributed by atoms with van der Waals surface area (Å²) in [5.74, 6) is -0.587. The molecule has 2 heterocycles. The van der Waals surface area contributed by atoms with Crippen molar-refractivity contribution in [2.45, 2.75) is 23.9 Å². The van der Waals surface area contributed by atoms with Gasteiger partial charge in [-0.15, -0.1) is 0 Å². The number of aromatic nitrogens is 3. The second kappa shape index (κ2) is 6.21. The first-order valence-corrected chi connectivity index (χ1v) is 8.26. The monoisotopic (exact) mass is 352 g/mol. The number of ketones is 1. The predicted octanol–water partition coefficient (Wildman–Crippen LogP) is 1.48. The quantitative estimate of drug-likeness (QED) is 0.622. The molecule has 0 atom stereocenters. The Hall–Kier alpha value is -2.06. The predicted molar refractivity (Wildman–Crippen MR) is 88.3 cm³/mol. The summed E-state index contributed by atoms with van der Waals surface area (Å²) >= 11 is 7.09. The summed E-state index contributed by atoms with van der Waals surface area (Å²) in [5, 5.41) is 0.920. The lowest BCUT2D eigenvalue weighted by Crippen LogP contribution is -2.36. The molecule has 3 rings (SSSR count). The maximum absolute atomic E-state index is 12.4. The topological polar surface area (TPSA) is 111 Å². The Bertz CT molecular complexity index is 888. The molecule has 0 saturated heterocycles. The van der Waals surface area contributed by atoms with Gasteiger partial charge in [0.1, 0.15) is 16.4 Å². The van der Waals surface area contributed by atoms with Crippen molar-refractivity contribution < 1.29 is 4.79 Å². The highest BCUT2D eigenvalue weighted by atomic mass is 35.5. The molecule has 23 heavy (non-hydrogen) atoms. The minimum atomic E-state index is -0.762. The van der Waals surface area contributed by atoms with Crippen molar-refractivity contribution in [2.75, 3.05) is 11.5 Å². The number of Topliss-reactive ketones (excluding diaryl/α,β-unsaturated/α-hetero) is 1. The van der Waals surface area contributed by atoms with Gasteiger partial charge in [0.15, 0.2) is 5.78 Å². The molecule has 0 aromatic carbocycles. The number of hydrogen-bond acceptors (Lipinski definition) is 6. The van der Waals surface area contributed by atoms with Crippen LogP contribution in [0.4, 0.5) is 5.82 Å². The number of hydrogen-bond donors (Lipinski definition) is 2. The van der Waals surface area contributed by atoms with E-state index in [4.69, 9.17) is 17.3 Å². The summed E-state index contributed by atoms with van der Waals surface area (Å²) in [7, 11) is 0. The van der Waals surface area contributed by atoms with Crippen LogP contribution < -0.4 is 17.0 Å². The smallest absolute Gasteiger partial charge is 0.330 e. The van der Waals surface area contributed by atoms with Crippen LogP contribution in [0.15, 0.2) is 32.9 Å². The van der Waals surface area contributed by atoms with Gasteiger partial charge >= 0.3 is 5.69 Å². The summed E-state index contributed by atoms with van der Waals surface area (Å²) in [6.45, 7) is 0. The second-order valence-corrected chi connectivity index (χ2v) is 6.49. The number of aromatic amines is 1. The standard InChI is InChI=1S/C14H13ClN4O3S/c15-8-2-1-5-17-13(8)23-6-9(20)10-11(16)19(7-3-4-7)14(22)18-12(10)21/h1-2,5,7H,3-4,6,16H2,(H,18,21,22). The molecule has 0 aliphatic heterocycles. The van der Waals surface area contributed by atoms with Crippen LogP contribution in [0.2, 0.25) is 5.02 Å². The molecule has 0 amide bonds. The Morgan fingerprint density at radius 2 is 2.22 bits per heavy atom. The molecule has 120 valence electrons. The van der Waals surface area contributed by atoms with Crippen LogP contribution >= 0.6 is 23.4 Å². The van der Waals surface area contributed by atoms with Crippen molar-refractivity contribution in [3.05, 3.63) is 49.8 Å². The van der Waals surface area contributed by atoms with E-state index in [1.54, 1.807) is 18.3 Å². The zero-order valence-electron chi connectivity index (χ0n) is 11.9. The van der Waals surface area contributed by atoms with E-state index in [0.29, 0.717) is 10.0 Å². The van der Waals surface area contributed by atoms with E-state index in [1.165, 1.54) is 4.57 Å². The third-order valence-corrected chi connectivity index (χ3v) is 4.86. The SMILES string of the molecule is Nc1c(C(=O)CSc2ncccc2Cl)c(=O)[nH]c(=O)n1C1CC1. The molecule has 0 unspecified atom stereocenters. The van der Waals surface area contributed by atoms with Crippen LogP contribution in [-0.4, -0.2) is 26.1 Å². The maximum atomic E-state index is 12.4. The van der Waals surface area contributed by atoms with Gasteiger partial charge in [0.2, 0.25) is 0 Å². The minimum Gasteiger partial charge on any atom is -0.384 e. The molecule has 2 aromatic heterocycles. The number of rotatable bonds is 5. The van der Waals surface area contributed by atoms with Crippen LogP contribution in [0.5, 0.6) is 0 Å². The van der Waals surface area contributed by atoms with Crippen LogP contribution in [-0.2, 0) is 0 Å². The number of nitrogen functional groups attached to an aromatic ring is 1. The Labute approximate surface area is 139 Å². The number of nitrogens with two attached hydrogens (primary N) is 1. The van der Waals surface area contributed by atoms with Crippen molar-refractivity contribution in [3.8, 4) is 0 Å². The second-order valence-electron chi connectivity index (χ2n) is 5.12. The number of carbonyl (C=O) groups excluding carboxylic acids is 1. The minimum absolute atomic E-state index is 0.0382. The van der Waals surface area contributed by atoms with E-state index in [-0.39, 0.29) is 23.2 Å². The Morgan fingerprint density at radius 3 is 2.87 bits per heavy atom. The van der Waals surface area contributed by atoms with Gasteiger partial charge in [-0.1, -0.05) is 23.4 Å². The zero-order chi connectivity index (χ0) is 16.6. The van der Waals surface area contributed by atoms with Crippen LogP contribution in [0, 0.1) is 0 Å². The average molecular weight is 353 g/mol.